The van der Waals surface area contributed by atoms with E-state index in [0.29, 0.717) is 24.2 Å². The van der Waals surface area contributed by atoms with E-state index in [-0.39, 0.29) is 18.1 Å². The average Bonchev–Trinajstić information content (AvgIpc) is 3.10. The van der Waals surface area contributed by atoms with E-state index >= 15 is 0 Å². The number of hydrogen-bond acceptors (Lipinski definition) is 5. The van der Waals surface area contributed by atoms with Crippen LogP contribution < -0.4 is 27.0 Å². The molecule has 28 heavy (non-hydrogen) atoms. The fourth-order valence-corrected chi connectivity index (χ4v) is 4.47. The van der Waals surface area contributed by atoms with Crippen molar-refractivity contribution >= 4 is 6.03 Å². The Labute approximate surface area is 163 Å². The van der Waals surface area contributed by atoms with Crippen molar-refractivity contribution in [1.29, 1.82) is 0 Å². The molecule has 0 spiro atoms. The molecule has 2 aliphatic heterocycles. The van der Waals surface area contributed by atoms with Gasteiger partial charge in [-0.05, 0) is 49.8 Å². The van der Waals surface area contributed by atoms with Gasteiger partial charge in [-0.3, -0.25) is 4.90 Å². The van der Waals surface area contributed by atoms with Gasteiger partial charge in [0.15, 0.2) is 0 Å². The first-order valence-corrected chi connectivity index (χ1v) is 10.1. The van der Waals surface area contributed by atoms with Gasteiger partial charge in [0.1, 0.15) is 11.6 Å². The van der Waals surface area contributed by atoms with E-state index in [4.69, 9.17) is 0 Å². The molecular weight excluding hydrogens is 366 g/mol. The van der Waals surface area contributed by atoms with Crippen molar-refractivity contribution in [2.75, 3.05) is 13.1 Å². The number of amides is 2. The van der Waals surface area contributed by atoms with E-state index in [1.54, 1.807) is 0 Å². The molecule has 2 amide bonds. The van der Waals surface area contributed by atoms with Gasteiger partial charge in [0, 0.05) is 49.9 Å². The van der Waals surface area contributed by atoms with Crippen molar-refractivity contribution in [3.05, 3.63) is 35.4 Å². The number of likely N-dealkylation sites (tertiary alicyclic amines) is 1. The van der Waals surface area contributed by atoms with E-state index in [1.165, 1.54) is 12.1 Å². The standard InChI is InChI=1S/C19H28F2N6O/c20-13-7-12(8-14(21)9-13)11-27-5-3-15(4-6-27)22-19(28)23-16-1-2-17-18(10-16)25-26-24-17/h7-9,15-18,24-26H,1-6,10-11H2,(H2,22,23,28). The summed E-state index contributed by atoms with van der Waals surface area (Å²) >= 11 is 0. The van der Waals surface area contributed by atoms with Gasteiger partial charge in [-0.25, -0.2) is 24.4 Å². The molecule has 1 aromatic carbocycles. The van der Waals surface area contributed by atoms with E-state index in [0.717, 1.165) is 51.3 Å². The van der Waals surface area contributed by atoms with Crippen LogP contribution in [0.2, 0.25) is 0 Å². The van der Waals surface area contributed by atoms with Gasteiger partial charge in [0.2, 0.25) is 0 Å². The second-order valence-corrected chi connectivity index (χ2v) is 8.08. The van der Waals surface area contributed by atoms with E-state index < -0.39 is 11.6 Å². The number of hydrogen-bond donors (Lipinski definition) is 5. The highest BCUT2D eigenvalue weighted by molar-refractivity contribution is 5.74. The number of carbonyl (C=O) groups excluding carboxylic acids is 1. The first-order valence-electron chi connectivity index (χ1n) is 10.1. The largest absolute Gasteiger partial charge is 0.335 e. The van der Waals surface area contributed by atoms with E-state index in [1.807, 2.05) is 0 Å². The zero-order valence-electron chi connectivity index (χ0n) is 15.8. The van der Waals surface area contributed by atoms with Crippen LogP contribution in [0.3, 0.4) is 0 Å². The Morgan fingerprint density at radius 1 is 0.964 bits per heavy atom. The van der Waals surface area contributed by atoms with Crippen molar-refractivity contribution in [1.82, 2.24) is 31.9 Å². The summed E-state index contributed by atoms with van der Waals surface area (Å²) < 4.78 is 26.7. The number of nitrogens with zero attached hydrogens (tertiary/aromatic N) is 1. The van der Waals surface area contributed by atoms with Gasteiger partial charge < -0.3 is 10.6 Å². The highest BCUT2D eigenvalue weighted by atomic mass is 19.1. The Kier molecular flexibility index (Phi) is 6.05. The molecule has 3 aliphatic rings. The highest BCUT2D eigenvalue weighted by Crippen LogP contribution is 2.21. The monoisotopic (exact) mass is 394 g/mol. The molecule has 1 aromatic rings. The Balaban J connectivity index is 1.18. The molecule has 3 fully saturated rings. The second-order valence-electron chi connectivity index (χ2n) is 8.08. The van der Waals surface area contributed by atoms with Gasteiger partial charge in [0.25, 0.3) is 0 Å². The lowest BCUT2D eigenvalue weighted by Crippen LogP contribution is -2.53. The summed E-state index contributed by atoms with van der Waals surface area (Å²) in [6, 6.07) is 4.61. The van der Waals surface area contributed by atoms with Crippen LogP contribution in [0.25, 0.3) is 0 Å². The molecule has 9 heteroatoms. The lowest BCUT2D eigenvalue weighted by molar-refractivity contribution is 0.183. The van der Waals surface area contributed by atoms with Gasteiger partial charge in [-0.15, -0.1) is 0 Å². The van der Waals surface area contributed by atoms with Gasteiger partial charge in [-0.2, -0.15) is 5.53 Å². The maximum absolute atomic E-state index is 13.3. The molecular formula is C19H28F2N6O. The Hall–Kier alpha value is -1.81. The van der Waals surface area contributed by atoms with Gasteiger partial charge in [-0.1, -0.05) is 0 Å². The van der Waals surface area contributed by atoms with Crippen molar-refractivity contribution in [3.8, 4) is 0 Å². The minimum absolute atomic E-state index is 0.104. The predicted molar refractivity (Wildman–Crippen MR) is 101 cm³/mol. The van der Waals surface area contributed by atoms with Gasteiger partial charge in [0.05, 0.1) is 0 Å². The number of urea groups is 1. The molecule has 4 rings (SSSR count). The fourth-order valence-electron chi connectivity index (χ4n) is 4.47. The van der Waals surface area contributed by atoms with Crippen molar-refractivity contribution in [2.45, 2.75) is 62.8 Å². The van der Waals surface area contributed by atoms with Crippen LogP contribution in [0, 0.1) is 11.6 Å². The molecule has 2 heterocycles. The summed E-state index contributed by atoms with van der Waals surface area (Å²) in [5.41, 5.74) is 9.98. The van der Waals surface area contributed by atoms with Crippen molar-refractivity contribution in [3.63, 3.8) is 0 Å². The third-order valence-electron chi connectivity index (χ3n) is 5.95. The summed E-state index contributed by atoms with van der Waals surface area (Å²) in [5, 5.41) is 6.18. The first-order chi connectivity index (χ1) is 13.5. The molecule has 0 aromatic heterocycles. The Morgan fingerprint density at radius 3 is 2.39 bits per heavy atom. The molecule has 3 unspecified atom stereocenters. The molecule has 2 saturated heterocycles. The Morgan fingerprint density at radius 2 is 1.64 bits per heavy atom. The number of piperidine rings is 1. The summed E-state index contributed by atoms with van der Waals surface area (Å²) in [7, 11) is 0. The van der Waals surface area contributed by atoms with Crippen LogP contribution in [0.4, 0.5) is 13.6 Å². The molecule has 154 valence electrons. The minimum Gasteiger partial charge on any atom is -0.335 e. The summed E-state index contributed by atoms with van der Waals surface area (Å²) in [5.74, 6) is -1.09. The average molecular weight is 394 g/mol. The molecule has 1 aliphatic carbocycles. The molecule has 3 atom stereocenters. The van der Waals surface area contributed by atoms with Crippen LogP contribution in [-0.2, 0) is 6.54 Å². The van der Waals surface area contributed by atoms with Gasteiger partial charge >= 0.3 is 6.03 Å². The van der Waals surface area contributed by atoms with Crippen LogP contribution in [0.5, 0.6) is 0 Å². The number of nitrogens with one attached hydrogen (secondary N) is 5. The molecule has 0 bridgehead atoms. The van der Waals surface area contributed by atoms with Crippen molar-refractivity contribution in [2.24, 2.45) is 0 Å². The molecule has 0 radical (unpaired) electrons. The zero-order chi connectivity index (χ0) is 19.5. The lowest BCUT2D eigenvalue weighted by Gasteiger charge is -2.34. The van der Waals surface area contributed by atoms with E-state index in [9.17, 15) is 13.6 Å². The van der Waals surface area contributed by atoms with Crippen LogP contribution >= 0.6 is 0 Å². The third kappa shape index (κ3) is 4.96. The number of rotatable bonds is 4. The second kappa shape index (κ2) is 8.69. The topological polar surface area (TPSA) is 80.5 Å². The quantitative estimate of drug-likeness (QED) is 0.529. The predicted octanol–water partition coefficient (Wildman–Crippen LogP) is 1.13. The SMILES string of the molecule is O=C(NC1CCN(Cc2cc(F)cc(F)c2)CC1)NC1CCC2NNNC2C1. The first kappa shape index (κ1) is 19.5. The summed E-state index contributed by atoms with van der Waals surface area (Å²) in [6.45, 7) is 2.10. The van der Waals surface area contributed by atoms with E-state index in [2.05, 4.69) is 31.9 Å². The zero-order valence-corrected chi connectivity index (χ0v) is 15.8. The maximum atomic E-state index is 13.3. The number of hydrazine groups is 2. The smallest absolute Gasteiger partial charge is 0.315 e. The lowest BCUT2D eigenvalue weighted by atomic mass is 9.88. The third-order valence-corrected chi connectivity index (χ3v) is 5.95. The molecule has 1 saturated carbocycles. The number of fused-ring (bicyclic) bond motifs is 1. The summed E-state index contributed by atoms with van der Waals surface area (Å²) in [4.78, 5) is 14.5. The number of carbonyl (C=O) groups is 1. The number of halogens is 2. The molecule has 5 N–H and O–H groups in total. The van der Waals surface area contributed by atoms with Crippen LogP contribution in [0.15, 0.2) is 18.2 Å². The maximum Gasteiger partial charge on any atom is 0.315 e. The fraction of sp³-hybridized carbons (Fsp3) is 0.632. The van der Waals surface area contributed by atoms with Crippen LogP contribution in [0.1, 0.15) is 37.7 Å². The normalized spacial score (nSPS) is 28.7. The van der Waals surface area contributed by atoms with Crippen LogP contribution in [-0.4, -0.2) is 48.2 Å². The summed E-state index contributed by atoms with van der Waals surface area (Å²) in [6.07, 6.45) is 4.55. The molecule has 7 nitrogen and oxygen atoms in total. The minimum atomic E-state index is -0.545. The highest BCUT2D eigenvalue weighted by Gasteiger charge is 2.34. The van der Waals surface area contributed by atoms with Crippen molar-refractivity contribution < 1.29 is 13.6 Å². The number of benzene rings is 1. The Bertz CT molecular complexity index is 677.